The highest BCUT2D eigenvalue weighted by Crippen LogP contribution is 2.09. The molecule has 2 rings (SSSR count). The first kappa shape index (κ1) is 10.4. The Morgan fingerprint density at radius 1 is 1.56 bits per heavy atom. The molecule has 0 atom stereocenters. The number of hydrogen-bond donors (Lipinski definition) is 2. The van der Waals surface area contributed by atoms with Crippen LogP contribution in [-0.4, -0.2) is 14.8 Å². The van der Waals surface area contributed by atoms with Crippen molar-refractivity contribution < 1.29 is 0 Å². The van der Waals surface area contributed by atoms with E-state index < -0.39 is 0 Å². The number of nitrogens with two attached hydrogens (primary N) is 1. The number of nitrogens with one attached hydrogen (secondary N) is 1. The second kappa shape index (κ2) is 4.16. The van der Waals surface area contributed by atoms with Gasteiger partial charge in [0.2, 0.25) is 5.95 Å². The predicted octanol–water partition coefficient (Wildman–Crippen LogP) is 1.44. The Kier molecular flexibility index (Phi) is 2.70. The third-order valence-corrected chi connectivity index (χ3v) is 2.50. The molecule has 0 bridgehead atoms. The average molecular weight is 231 g/mol. The predicted molar refractivity (Wildman–Crippen MR) is 62.1 cm³/mol. The molecule has 2 aromatic rings. The highest BCUT2D eigenvalue weighted by atomic mass is 32.1. The first-order chi connectivity index (χ1) is 7.70. The molecule has 3 N–H and O–H groups in total. The molecular formula is C10H9N5S. The van der Waals surface area contributed by atoms with E-state index in [4.69, 9.17) is 23.2 Å². The van der Waals surface area contributed by atoms with Crippen LogP contribution in [0, 0.1) is 16.1 Å². The fourth-order valence-corrected chi connectivity index (χ4v) is 1.61. The highest BCUT2D eigenvalue weighted by Gasteiger charge is 2.03. The van der Waals surface area contributed by atoms with Crippen molar-refractivity contribution in [3.05, 3.63) is 40.2 Å². The summed E-state index contributed by atoms with van der Waals surface area (Å²) in [6, 6.07) is 9.38. The van der Waals surface area contributed by atoms with E-state index in [0.29, 0.717) is 22.8 Å². The third-order valence-electron chi connectivity index (χ3n) is 2.18. The third kappa shape index (κ3) is 1.94. The number of nitrogens with zero attached hydrogens (tertiary/aromatic N) is 3. The minimum absolute atomic E-state index is 0.340. The van der Waals surface area contributed by atoms with Crippen molar-refractivity contribution in [2.75, 3.05) is 5.73 Å². The van der Waals surface area contributed by atoms with E-state index in [1.54, 1.807) is 16.7 Å². The summed E-state index contributed by atoms with van der Waals surface area (Å²) in [6.07, 6.45) is 0. The Morgan fingerprint density at radius 3 is 3.00 bits per heavy atom. The molecular weight excluding hydrogens is 222 g/mol. The minimum Gasteiger partial charge on any atom is -0.368 e. The zero-order valence-electron chi connectivity index (χ0n) is 8.34. The van der Waals surface area contributed by atoms with Gasteiger partial charge in [-0.3, -0.25) is 4.57 Å². The first-order valence-electron chi connectivity index (χ1n) is 4.60. The summed E-state index contributed by atoms with van der Waals surface area (Å²) >= 11 is 5.03. The number of rotatable bonds is 2. The first-order valence-corrected chi connectivity index (χ1v) is 5.01. The van der Waals surface area contributed by atoms with Crippen LogP contribution >= 0.6 is 12.2 Å². The summed E-state index contributed by atoms with van der Waals surface area (Å²) in [7, 11) is 0. The lowest BCUT2D eigenvalue weighted by molar-refractivity contribution is 0.793. The SMILES string of the molecule is N#Cc1cccc(Cn2c(N)n[nH]c2=S)c1. The van der Waals surface area contributed by atoms with Crippen molar-refractivity contribution in [1.82, 2.24) is 14.8 Å². The molecule has 1 aromatic heterocycles. The van der Waals surface area contributed by atoms with Crippen LogP contribution < -0.4 is 5.73 Å². The molecule has 1 heterocycles. The molecule has 1 aromatic carbocycles. The van der Waals surface area contributed by atoms with Crippen LogP contribution in [0.3, 0.4) is 0 Å². The number of nitrogen functional groups attached to an aromatic ring is 1. The van der Waals surface area contributed by atoms with Crippen LogP contribution in [-0.2, 0) is 6.54 Å². The molecule has 0 radical (unpaired) electrons. The van der Waals surface area contributed by atoms with Crippen LogP contribution in [0.2, 0.25) is 0 Å². The van der Waals surface area contributed by atoms with Crippen molar-refractivity contribution in [3.63, 3.8) is 0 Å². The summed E-state index contributed by atoms with van der Waals surface area (Å²) in [4.78, 5) is 0. The molecule has 0 saturated carbocycles. The average Bonchev–Trinajstić information content (AvgIpc) is 2.61. The smallest absolute Gasteiger partial charge is 0.220 e. The molecule has 0 aliphatic heterocycles. The molecule has 0 spiro atoms. The van der Waals surface area contributed by atoms with E-state index in [-0.39, 0.29) is 0 Å². The monoisotopic (exact) mass is 231 g/mol. The minimum atomic E-state index is 0.340. The molecule has 80 valence electrons. The number of anilines is 1. The van der Waals surface area contributed by atoms with Gasteiger partial charge in [0.15, 0.2) is 4.77 Å². The van der Waals surface area contributed by atoms with Crippen LogP contribution in [0.15, 0.2) is 24.3 Å². The van der Waals surface area contributed by atoms with Gasteiger partial charge in [0.05, 0.1) is 18.2 Å². The second-order valence-electron chi connectivity index (χ2n) is 3.29. The number of aromatic nitrogens is 3. The Balaban J connectivity index is 2.35. The van der Waals surface area contributed by atoms with Gasteiger partial charge in [0.25, 0.3) is 0 Å². The summed E-state index contributed by atoms with van der Waals surface area (Å²) in [6.45, 7) is 0.511. The number of hydrogen-bond acceptors (Lipinski definition) is 4. The van der Waals surface area contributed by atoms with E-state index in [9.17, 15) is 0 Å². The van der Waals surface area contributed by atoms with Crippen molar-refractivity contribution in [3.8, 4) is 6.07 Å². The molecule has 0 aliphatic carbocycles. The van der Waals surface area contributed by atoms with Crippen molar-refractivity contribution in [1.29, 1.82) is 5.26 Å². The van der Waals surface area contributed by atoms with Gasteiger partial charge in [-0.15, -0.1) is 5.10 Å². The zero-order chi connectivity index (χ0) is 11.5. The molecule has 0 fully saturated rings. The molecule has 5 nitrogen and oxygen atoms in total. The van der Waals surface area contributed by atoms with E-state index in [0.717, 1.165) is 5.56 Å². The van der Waals surface area contributed by atoms with E-state index in [2.05, 4.69) is 16.3 Å². The normalized spacial score (nSPS) is 9.94. The molecule has 0 unspecified atom stereocenters. The maximum atomic E-state index is 8.78. The Hall–Kier alpha value is -2.13. The van der Waals surface area contributed by atoms with E-state index >= 15 is 0 Å². The van der Waals surface area contributed by atoms with E-state index in [1.165, 1.54) is 0 Å². The number of nitriles is 1. The van der Waals surface area contributed by atoms with Gasteiger partial charge in [-0.1, -0.05) is 12.1 Å². The van der Waals surface area contributed by atoms with Gasteiger partial charge >= 0.3 is 0 Å². The Bertz CT molecular complexity index is 604. The lowest BCUT2D eigenvalue weighted by atomic mass is 10.1. The Morgan fingerprint density at radius 2 is 2.38 bits per heavy atom. The summed E-state index contributed by atoms with van der Waals surface area (Å²) < 4.78 is 2.14. The van der Waals surface area contributed by atoms with Crippen molar-refractivity contribution in [2.24, 2.45) is 0 Å². The fourth-order valence-electron chi connectivity index (χ4n) is 1.40. The van der Waals surface area contributed by atoms with Gasteiger partial charge in [0.1, 0.15) is 0 Å². The number of benzene rings is 1. The maximum absolute atomic E-state index is 8.78. The molecule has 0 saturated heterocycles. The topological polar surface area (TPSA) is 83.4 Å². The van der Waals surface area contributed by atoms with Crippen LogP contribution in [0.4, 0.5) is 5.95 Å². The lowest BCUT2D eigenvalue weighted by Gasteiger charge is -2.03. The Labute approximate surface area is 97.1 Å². The standard InChI is InChI=1S/C10H9N5S/c11-5-7-2-1-3-8(4-7)6-15-9(12)13-14-10(15)16/h1-4H,6H2,(H2,12,13)(H,14,16). The zero-order valence-corrected chi connectivity index (χ0v) is 9.16. The van der Waals surface area contributed by atoms with Gasteiger partial charge in [-0.2, -0.15) is 5.26 Å². The molecule has 6 heteroatoms. The number of H-pyrrole nitrogens is 1. The summed E-state index contributed by atoms with van der Waals surface area (Å²) in [5.74, 6) is 0.340. The van der Waals surface area contributed by atoms with Gasteiger partial charge in [-0.05, 0) is 29.9 Å². The van der Waals surface area contributed by atoms with E-state index in [1.807, 2.05) is 12.1 Å². The van der Waals surface area contributed by atoms with Crippen LogP contribution in [0.25, 0.3) is 0 Å². The van der Waals surface area contributed by atoms with Crippen molar-refractivity contribution >= 4 is 18.2 Å². The fraction of sp³-hybridized carbons (Fsp3) is 0.100. The van der Waals surface area contributed by atoms with Crippen LogP contribution in [0.5, 0.6) is 0 Å². The lowest BCUT2D eigenvalue weighted by Crippen LogP contribution is -2.04. The molecule has 16 heavy (non-hydrogen) atoms. The maximum Gasteiger partial charge on any atom is 0.220 e. The molecule has 0 amide bonds. The summed E-state index contributed by atoms with van der Waals surface area (Å²) in [5, 5.41) is 15.2. The summed E-state index contributed by atoms with van der Waals surface area (Å²) in [5.41, 5.74) is 7.23. The van der Waals surface area contributed by atoms with Gasteiger partial charge in [-0.25, -0.2) is 5.10 Å². The number of aromatic amines is 1. The highest BCUT2D eigenvalue weighted by molar-refractivity contribution is 7.71. The second-order valence-corrected chi connectivity index (χ2v) is 3.67. The van der Waals surface area contributed by atoms with Crippen molar-refractivity contribution in [2.45, 2.75) is 6.54 Å². The van der Waals surface area contributed by atoms with Gasteiger partial charge < -0.3 is 5.73 Å². The quantitative estimate of drug-likeness (QED) is 0.766. The molecule has 0 aliphatic rings. The van der Waals surface area contributed by atoms with Gasteiger partial charge in [0, 0.05) is 0 Å². The largest absolute Gasteiger partial charge is 0.368 e. The van der Waals surface area contributed by atoms with Crippen LogP contribution in [0.1, 0.15) is 11.1 Å².